The van der Waals surface area contributed by atoms with Gasteiger partial charge in [-0.05, 0) is 62.7 Å². The maximum absolute atomic E-state index is 12.7. The Morgan fingerprint density at radius 1 is 1.00 bits per heavy atom. The SMILES string of the molecule is Cc1c(C#N)c(NC(=O)COC(=O)c2ccc(-n3c(C)c[nH]c3=O)cc2)n(-c2ccccc2)c1C. The van der Waals surface area contributed by atoms with Crippen LogP contribution in [0.1, 0.15) is 32.9 Å². The molecule has 0 aliphatic rings. The lowest BCUT2D eigenvalue weighted by Crippen LogP contribution is -2.23. The minimum Gasteiger partial charge on any atom is -0.452 e. The smallest absolute Gasteiger partial charge is 0.338 e. The van der Waals surface area contributed by atoms with Gasteiger partial charge in [-0.3, -0.25) is 13.9 Å². The Morgan fingerprint density at radius 2 is 1.66 bits per heavy atom. The molecular weight excluding hydrogens is 446 g/mol. The van der Waals surface area contributed by atoms with Crippen molar-refractivity contribution in [1.29, 1.82) is 5.26 Å². The molecule has 4 rings (SSSR count). The average molecular weight is 470 g/mol. The van der Waals surface area contributed by atoms with Gasteiger partial charge >= 0.3 is 11.7 Å². The second kappa shape index (κ2) is 9.57. The predicted molar refractivity (Wildman–Crippen MR) is 130 cm³/mol. The van der Waals surface area contributed by atoms with Gasteiger partial charge in [0.25, 0.3) is 5.91 Å². The molecule has 176 valence electrons. The van der Waals surface area contributed by atoms with E-state index in [-0.39, 0.29) is 11.3 Å². The molecule has 0 aliphatic heterocycles. The molecule has 35 heavy (non-hydrogen) atoms. The number of anilines is 1. The summed E-state index contributed by atoms with van der Waals surface area (Å²) in [7, 11) is 0. The molecule has 0 saturated heterocycles. The van der Waals surface area contributed by atoms with Crippen LogP contribution in [0.2, 0.25) is 0 Å². The molecule has 2 aromatic heterocycles. The number of aryl methyl sites for hydroxylation is 1. The van der Waals surface area contributed by atoms with Crippen LogP contribution >= 0.6 is 0 Å². The van der Waals surface area contributed by atoms with Crippen molar-refractivity contribution in [2.45, 2.75) is 20.8 Å². The fourth-order valence-corrected chi connectivity index (χ4v) is 3.87. The molecule has 0 saturated carbocycles. The maximum atomic E-state index is 12.7. The van der Waals surface area contributed by atoms with E-state index in [9.17, 15) is 19.6 Å². The highest BCUT2D eigenvalue weighted by atomic mass is 16.5. The highest BCUT2D eigenvalue weighted by Gasteiger charge is 2.21. The number of aromatic nitrogens is 3. The van der Waals surface area contributed by atoms with Gasteiger partial charge in [0.1, 0.15) is 11.9 Å². The van der Waals surface area contributed by atoms with E-state index in [4.69, 9.17) is 4.74 Å². The number of para-hydroxylation sites is 1. The van der Waals surface area contributed by atoms with Gasteiger partial charge in [-0.1, -0.05) is 18.2 Å². The van der Waals surface area contributed by atoms with Gasteiger partial charge < -0.3 is 15.0 Å². The molecule has 0 radical (unpaired) electrons. The number of aromatic amines is 1. The number of carbonyl (C=O) groups excluding carboxylic acids is 2. The van der Waals surface area contributed by atoms with Crippen molar-refractivity contribution in [2.24, 2.45) is 0 Å². The van der Waals surface area contributed by atoms with E-state index < -0.39 is 18.5 Å². The van der Waals surface area contributed by atoms with E-state index in [1.54, 1.807) is 29.8 Å². The largest absolute Gasteiger partial charge is 0.452 e. The summed E-state index contributed by atoms with van der Waals surface area (Å²) < 4.78 is 8.44. The molecular formula is C26H23N5O4. The molecule has 4 aromatic rings. The second-order valence-electron chi connectivity index (χ2n) is 7.96. The number of imidazole rings is 1. The van der Waals surface area contributed by atoms with Crippen molar-refractivity contribution in [1.82, 2.24) is 14.1 Å². The van der Waals surface area contributed by atoms with Crippen LogP contribution in [-0.2, 0) is 9.53 Å². The zero-order chi connectivity index (χ0) is 25.1. The first-order chi connectivity index (χ1) is 16.8. The van der Waals surface area contributed by atoms with Crippen molar-refractivity contribution >= 4 is 17.7 Å². The lowest BCUT2D eigenvalue weighted by atomic mass is 10.2. The van der Waals surface area contributed by atoms with Crippen LogP contribution in [0, 0.1) is 32.1 Å². The van der Waals surface area contributed by atoms with Crippen LogP contribution in [-0.4, -0.2) is 32.6 Å². The van der Waals surface area contributed by atoms with Crippen LogP contribution in [0.25, 0.3) is 11.4 Å². The molecule has 0 atom stereocenters. The quantitative estimate of drug-likeness (QED) is 0.418. The Kier molecular flexibility index (Phi) is 6.38. The molecule has 1 amide bonds. The van der Waals surface area contributed by atoms with E-state index in [0.717, 1.165) is 22.6 Å². The minimum atomic E-state index is -0.684. The zero-order valence-corrected chi connectivity index (χ0v) is 19.5. The number of hydrogen-bond donors (Lipinski definition) is 2. The first-order valence-electron chi connectivity index (χ1n) is 10.8. The molecule has 9 heteroatoms. The molecule has 2 heterocycles. The van der Waals surface area contributed by atoms with E-state index in [2.05, 4.69) is 16.4 Å². The molecule has 2 N–H and O–H groups in total. The first-order valence-corrected chi connectivity index (χ1v) is 10.8. The van der Waals surface area contributed by atoms with E-state index >= 15 is 0 Å². The summed E-state index contributed by atoms with van der Waals surface area (Å²) in [4.78, 5) is 39.6. The Bertz CT molecular complexity index is 1500. The molecule has 2 aromatic carbocycles. The first kappa shape index (κ1) is 23.3. The highest BCUT2D eigenvalue weighted by Crippen LogP contribution is 2.29. The van der Waals surface area contributed by atoms with Gasteiger partial charge in [-0.25, -0.2) is 9.59 Å². The molecule has 0 spiro atoms. The number of ether oxygens (including phenoxy) is 1. The highest BCUT2D eigenvalue weighted by molar-refractivity contribution is 5.96. The fraction of sp³-hybridized carbons (Fsp3) is 0.154. The van der Waals surface area contributed by atoms with Crippen LogP contribution < -0.4 is 11.0 Å². The molecule has 0 aliphatic carbocycles. The van der Waals surface area contributed by atoms with E-state index in [0.29, 0.717) is 17.1 Å². The van der Waals surface area contributed by atoms with Gasteiger partial charge in [0.2, 0.25) is 0 Å². The summed E-state index contributed by atoms with van der Waals surface area (Å²) in [5.41, 5.74) is 3.98. The van der Waals surface area contributed by atoms with Crippen LogP contribution in [0.5, 0.6) is 0 Å². The molecule has 0 unspecified atom stereocenters. The summed E-state index contributed by atoms with van der Waals surface area (Å²) in [6.07, 6.45) is 1.60. The minimum absolute atomic E-state index is 0.236. The van der Waals surface area contributed by atoms with Gasteiger partial charge in [-0.15, -0.1) is 0 Å². The van der Waals surface area contributed by atoms with E-state index in [1.165, 1.54) is 16.7 Å². The molecule has 0 fully saturated rings. The molecule has 0 bridgehead atoms. The number of benzene rings is 2. The van der Waals surface area contributed by atoms with Crippen molar-refractivity contribution in [3.8, 4) is 17.4 Å². The summed E-state index contributed by atoms with van der Waals surface area (Å²) in [5, 5.41) is 12.4. The number of rotatable bonds is 6. The predicted octanol–water partition coefficient (Wildman–Crippen LogP) is 3.55. The number of H-pyrrole nitrogens is 1. The van der Waals surface area contributed by atoms with E-state index in [1.807, 2.05) is 44.2 Å². The maximum Gasteiger partial charge on any atom is 0.338 e. The summed E-state index contributed by atoms with van der Waals surface area (Å²) >= 11 is 0. The van der Waals surface area contributed by atoms with Crippen LogP contribution in [0.4, 0.5) is 5.82 Å². The Hall–Kier alpha value is -4.84. The van der Waals surface area contributed by atoms with Crippen molar-refractivity contribution in [3.05, 3.63) is 99.4 Å². The summed E-state index contributed by atoms with van der Waals surface area (Å²) in [6, 6.07) is 17.8. The van der Waals surface area contributed by atoms with Gasteiger partial charge in [0.05, 0.1) is 16.8 Å². The number of hydrogen-bond acceptors (Lipinski definition) is 5. The number of nitriles is 1. The average Bonchev–Trinajstić information content (AvgIpc) is 3.32. The summed E-state index contributed by atoms with van der Waals surface area (Å²) in [5.74, 6) is -0.932. The van der Waals surface area contributed by atoms with Gasteiger partial charge in [0.15, 0.2) is 6.61 Å². The van der Waals surface area contributed by atoms with Crippen molar-refractivity contribution in [2.75, 3.05) is 11.9 Å². The van der Waals surface area contributed by atoms with Crippen LogP contribution in [0.3, 0.4) is 0 Å². The van der Waals surface area contributed by atoms with Gasteiger partial charge in [0, 0.05) is 23.3 Å². The Balaban J connectivity index is 1.47. The lowest BCUT2D eigenvalue weighted by molar-refractivity contribution is -0.119. The number of nitrogens with zero attached hydrogens (tertiary/aromatic N) is 3. The fourth-order valence-electron chi connectivity index (χ4n) is 3.87. The normalized spacial score (nSPS) is 10.6. The molecule has 9 nitrogen and oxygen atoms in total. The third-order valence-electron chi connectivity index (χ3n) is 5.75. The number of esters is 1. The third-order valence-corrected chi connectivity index (χ3v) is 5.75. The monoisotopic (exact) mass is 469 g/mol. The van der Waals surface area contributed by atoms with Crippen LogP contribution in [0.15, 0.2) is 65.6 Å². The number of nitrogens with one attached hydrogen (secondary N) is 2. The zero-order valence-electron chi connectivity index (χ0n) is 19.5. The lowest BCUT2D eigenvalue weighted by Gasteiger charge is -2.13. The number of carbonyl (C=O) groups is 2. The topological polar surface area (TPSA) is 122 Å². The van der Waals surface area contributed by atoms with Crippen molar-refractivity contribution in [3.63, 3.8) is 0 Å². The number of amides is 1. The van der Waals surface area contributed by atoms with Crippen molar-refractivity contribution < 1.29 is 14.3 Å². The summed E-state index contributed by atoms with van der Waals surface area (Å²) in [6.45, 7) is 4.94. The standard InChI is InChI=1S/C26H23N5O4/c1-16-14-28-26(34)30(16)21-11-9-19(10-12-21)25(33)35-15-23(32)29-24-22(13-27)17(2)18(3)31(24)20-7-5-4-6-8-20/h4-12,14H,15H2,1-3H3,(H,28,34)(H,29,32). The Morgan fingerprint density at radius 3 is 2.26 bits per heavy atom. The Labute approximate surface area is 201 Å². The third kappa shape index (κ3) is 4.50. The second-order valence-corrected chi connectivity index (χ2v) is 7.96. The van der Waals surface area contributed by atoms with Gasteiger partial charge in [-0.2, -0.15) is 5.26 Å².